The number of anilines is 1. The minimum atomic E-state index is -4.49. The van der Waals surface area contributed by atoms with E-state index >= 15 is 0 Å². The highest BCUT2D eigenvalue weighted by Crippen LogP contribution is 2.39. The van der Waals surface area contributed by atoms with Crippen LogP contribution < -0.4 is 5.32 Å². The van der Waals surface area contributed by atoms with Gasteiger partial charge in [0.1, 0.15) is 5.52 Å². The lowest BCUT2D eigenvalue weighted by molar-refractivity contribution is -0.141. The van der Waals surface area contributed by atoms with Crippen molar-refractivity contribution in [2.24, 2.45) is 0 Å². The maximum Gasteiger partial charge on any atom is 0.435 e. The van der Waals surface area contributed by atoms with Crippen LogP contribution in [0.3, 0.4) is 0 Å². The molecule has 2 heterocycles. The average molecular weight is 272 g/mol. The predicted octanol–water partition coefficient (Wildman–Crippen LogP) is 1.68. The molecule has 3 rings (SSSR count). The van der Waals surface area contributed by atoms with Gasteiger partial charge in [-0.3, -0.25) is 0 Å². The van der Waals surface area contributed by atoms with Crippen LogP contribution in [-0.4, -0.2) is 31.9 Å². The van der Waals surface area contributed by atoms with Gasteiger partial charge in [-0.2, -0.15) is 18.3 Å². The molecule has 8 heteroatoms. The zero-order valence-electron chi connectivity index (χ0n) is 9.78. The Kier molecular flexibility index (Phi) is 2.46. The Labute approximate surface area is 106 Å². The summed E-state index contributed by atoms with van der Waals surface area (Å²) in [7, 11) is 0. The molecule has 1 saturated carbocycles. The molecule has 1 aliphatic rings. The fourth-order valence-electron chi connectivity index (χ4n) is 1.88. The number of rotatable bonds is 3. The van der Waals surface area contributed by atoms with E-state index in [0.717, 1.165) is 23.4 Å². The van der Waals surface area contributed by atoms with Crippen molar-refractivity contribution in [2.45, 2.75) is 24.6 Å². The number of hydrogen-bond donors (Lipinski definition) is 2. The summed E-state index contributed by atoms with van der Waals surface area (Å²) in [5.41, 5.74) is -1.16. The SMILES string of the molecule is OCC1(Nc2nccn3nc(C(F)(F)F)cc23)CC1. The highest BCUT2D eigenvalue weighted by molar-refractivity contribution is 5.69. The number of fused-ring (bicyclic) bond motifs is 1. The van der Waals surface area contributed by atoms with E-state index < -0.39 is 17.4 Å². The zero-order chi connectivity index (χ0) is 13.7. The fourth-order valence-corrected chi connectivity index (χ4v) is 1.88. The van der Waals surface area contributed by atoms with Crippen molar-refractivity contribution in [1.29, 1.82) is 0 Å². The summed E-state index contributed by atoms with van der Waals surface area (Å²) in [6.45, 7) is -0.0734. The van der Waals surface area contributed by atoms with Crippen LogP contribution in [0.25, 0.3) is 5.52 Å². The summed E-state index contributed by atoms with van der Waals surface area (Å²) in [6.07, 6.45) is -0.221. The van der Waals surface area contributed by atoms with Crippen molar-refractivity contribution in [1.82, 2.24) is 14.6 Å². The highest BCUT2D eigenvalue weighted by atomic mass is 19.4. The number of aromatic nitrogens is 3. The molecule has 2 N–H and O–H groups in total. The Morgan fingerprint density at radius 1 is 1.42 bits per heavy atom. The van der Waals surface area contributed by atoms with Gasteiger partial charge in [0, 0.05) is 18.5 Å². The number of alkyl halides is 3. The second-order valence-corrected chi connectivity index (χ2v) is 4.70. The molecule has 0 bridgehead atoms. The molecule has 0 aromatic carbocycles. The van der Waals surface area contributed by atoms with Crippen LogP contribution in [0.2, 0.25) is 0 Å². The normalized spacial score (nSPS) is 17.7. The molecule has 0 amide bonds. The molecule has 1 aliphatic carbocycles. The first-order valence-corrected chi connectivity index (χ1v) is 5.74. The first kappa shape index (κ1) is 12.2. The Balaban J connectivity index is 2.03. The van der Waals surface area contributed by atoms with Crippen LogP contribution in [0.4, 0.5) is 19.0 Å². The van der Waals surface area contributed by atoms with Crippen LogP contribution in [0.5, 0.6) is 0 Å². The van der Waals surface area contributed by atoms with Gasteiger partial charge in [0.25, 0.3) is 0 Å². The number of hydrogen-bond acceptors (Lipinski definition) is 4. The van der Waals surface area contributed by atoms with Crippen molar-refractivity contribution in [3.63, 3.8) is 0 Å². The van der Waals surface area contributed by atoms with Crippen LogP contribution in [0.1, 0.15) is 18.5 Å². The average Bonchev–Trinajstić information content (AvgIpc) is 2.96. The smallest absolute Gasteiger partial charge is 0.394 e. The quantitative estimate of drug-likeness (QED) is 0.892. The predicted molar refractivity (Wildman–Crippen MR) is 60.7 cm³/mol. The molecule has 2 aromatic heterocycles. The maximum absolute atomic E-state index is 12.6. The third-order valence-electron chi connectivity index (χ3n) is 3.22. The fraction of sp³-hybridized carbons (Fsp3) is 0.455. The van der Waals surface area contributed by atoms with Gasteiger partial charge in [-0.1, -0.05) is 0 Å². The van der Waals surface area contributed by atoms with Crippen LogP contribution in [0, 0.1) is 0 Å². The molecule has 0 saturated heterocycles. The van der Waals surface area contributed by atoms with E-state index in [1.165, 1.54) is 12.4 Å². The summed E-state index contributed by atoms with van der Waals surface area (Å²) in [5, 5.41) is 15.7. The van der Waals surface area contributed by atoms with E-state index in [9.17, 15) is 18.3 Å². The maximum atomic E-state index is 12.6. The lowest BCUT2D eigenvalue weighted by atomic mass is 10.3. The van der Waals surface area contributed by atoms with E-state index in [4.69, 9.17) is 0 Å². The van der Waals surface area contributed by atoms with Crippen molar-refractivity contribution in [3.8, 4) is 0 Å². The first-order valence-electron chi connectivity index (χ1n) is 5.74. The van der Waals surface area contributed by atoms with E-state index in [0.29, 0.717) is 5.82 Å². The summed E-state index contributed by atoms with van der Waals surface area (Å²) in [5.74, 6) is 0.303. The second kappa shape index (κ2) is 3.83. The third kappa shape index (κ3) is 2.12. The van der Waals surface area contributed by atoms with Gasteiger partial charge in [0.15, 0.2) is 11.5 Å². The largest absolute Gasteiger partial charge is 0.435 e. The van der Waals surface area contributed by atoms with Gasteiger partial charge >= 0.3 is 6.18 Å². The van der Waals surface area contributed by atoms with Crippen molar-refractivity contribution in [3.05, 3.63) is 24.2 Å². The number of aliphatic hydroxyl groups excluding tert-OH is 1. The molecule has 0 atom stereocenters. The molecular formula is C11H11F3N4O. The summed E-state index contributed by atoms with van der Waals surface area (Å²) in [4.78, 5) is 4.03. The number of halogens is 3. The van der Waals surface area contributed by atoms with E-state index in [2.05, 4.69) is 15.4 Å². The van der Waals surface area contributed by atoms with Gasteiger partial charge in [-0.15, -0.1) is 0 Å². The molecule has 0 unspecified atom stereocenters. The molecule has 0 radical (unpaired) electrons. The molecule has 0 aliphatic heterocycles. The highest BCUT2D eigenvalue weighted by Gasteiger charge is 2.43. The molecule has 5 nitrogen and oxygen atoms in total. The Hall–Kier alpha value is -1.83. The van der Waals surface area contributed by atoms with Crippen LogP contribution in [-0.2, 0) is 6.18 Å². The molecule has 1 fully saturated rings. The Morgan fingerprint density at radius 2 is 2.16 bits per heavy atom. The molecule has 19 heavy (non-hydrogen) atoms. The summed E-state index contributed by atoms with van der Waals surface area (Å²) >= 11 is 0. The molecule has 2 aromatic rings. The zero-order valence-corrected chi connectivity index (χ0v) is 9.78. The van der Waals surface area contributed by atoms with Crippen molar-refractivity contribution >= 4 is 11.3 Å². The van der Waals surface area contributed by atoms with Gasteiger partial charge in [-0.25, -0.2) is 9.50 Å². The summed E-state index contributed by atoms with van der Waals surface area (Å²) in [6, 6.07) is 0.947. The topological polar surface area (TPSA) is 62.5 Å². The van der Waals surface area contributed by atoms with Crippen molar-refractivity contribution < 1.29 is 18.3 Å². The molecule has 0 spiro atoms. The molecule has 102 valence electrons. The minimum absolute atomic E-state index is 0.0734. The first-order chi connectivity index (χ1) is 8.93. The number of nitrogens with one attached hydrogen (secondary N) is 1. The Bertz CT molecular complexity index is 618. The lowest BCUT2D eigenvalue weighted by Gasteiger charge is -2.15. The van der Waals surface area contributed by atoms with Gasteiger partial charge in [-0.05, 0) is 12.8 Å². The third-order valence-corrected chi connectivity index (χ3v) is 3.22. The van der Waals surface area contributed by atoms with Gasteiger partial charge in [0.05, 0.1) is 12.1 Å². The van der Waals surface area contributed by atoms with E-state index in [-0.39, 0.29) is 12.1 Å². The van der Waals surface area contributed by atoms with Gasteiger partial charge < -0.3 is 10.4 Å². The van der Waals surface area contributed by atoms with Gasteiger partial charge in [0.2, 0.25) is 0 Å². The monoisotopic (exact) mass is 272 g/mol. The number of nitrogens with zero attached hydrogens (tertiary/aromatic N) is 3. The Morgan fingerprint density at radius 3 is 2.74 bits per heavy atom. The standard InChI is InChI=1S/C11H11F3N4O/c12-11(13,14)8-5-7-9(15-3-4-18(7)17-8)16-10(6-19)1-2-10/h3-5,19H,1-2,6H2,(H,15,16). The summed E-state index contributed by atoms with van der Waals surface area (Å²) < 4.78 is 39.0. The van der Waals surface area contributed by atoms with Crippen LogP contribution in [0.15, 0.2) is 18.5 Å². The van der Waals surface area contributed by atoms with E-state index in [1.807, 2.05) is 0 Å². The molecular weight excluding hydrogens is 261 g/mol. The number of aliphatic hydroxyl groups is 1. The van der Waals surface area contributed by atoms with E-state index in [1.54, 1.807) is 0 Å². The second-order valence-electron chi connectivity index (χ2n) is 4.70. The minimum Gasteiger partial charge on any atom is -0.394 e. The van der Waals surface area contributed by atoms with Crippen LogP contribution >= 0.6 is 0 Å². The lowest BCUT2D eigenvalue weighted by Crippen LogP contribution is -2.26. The van der Waals surface area contributed by atoms with Crippen molar-refractivity contribution in [2.75, 3.05) is 11.9 Å².